The highest BCUT2D eigenvalue weighted by molar-refractivity contribution is 5.72. The molecule has 2 atom stereocenters. The molecule has 2 fully saturated rings. The molecule has 0 aromatic heterocycles. The van der Waals surface area contributed by atoms with Gasteiger partial charge in [0.2, 0.25) is 0 Å². The van der Waals surface area contributed by atoms with Gasteiger partial charge in [-0.2, -0.15) is 0 Å². The van der Waals surface area contributed by atoms with Crippen LogP contribution in [0, 0.1) is 11.7 Å². The number of ether oxygens (including phenoxy) is 2. The smallest absolute Gasteiger partial charge is 0.311 e. The fourth-order valence-corrected chi connectivity index (χ4v) is 4.80. The number of aryl methyl sites for hydroxylation is 1. The highest BCUT2D eigenvalue weighted by Crippen LogP contribution is 2.40. The molecule has 30 heavy (non-hydrogen) atoms. The van der Waals surface area contributed by atoms with Crippen molar-refractivity contribution in [2.45, 2.75) is 96.2 Å². The van der Waals surface area contributed by atoms with E-state index in [9.17, 15) is 18.0 Å². The predicted octanol–water partition coefficient (Wildman–Crippen LogP) is 6.49. The van der Waals surface area contributed by atoms with E-state index in [2.05, 4.69) is 6.92 Å². The normalized spacial score (nSPS) is 27.3. The number of rotatable bonds is 7. The fourth-order valence-electron chi connectivity index (χ4n) is 4.80. The van der Waals surface area contributed by atoms with Crippen LogP contribution in [0.4, 0.5) is 13.2 Å². The molecule has 6 heteroatoms. The highest BCUT2D eigenvalue weighted by atomic mass is 19.3. The summed E-state index contributed by atoms with van der Waals surface area (Å²) in [5.74, 6) is -1.31. The van der Waals surface area contributed by atoms with Gasteiger partial charge in [-0.1, -0.05) is 32.4 Å². The molecule has 0 radical (unpaired) electrons. The van der Waals surface area contributed by atoms with Crippen LogP contribution in [0.2, 0.25) is 0 Å². The molecule has 0 amide bonds. The highest BCUT2D eigenvalue weighted by Gasteiger charge is 2.33. The lowest BCUT2D eigenvalue weighted by Crippen LogP contribution is -2.34. The van der Waals surface area contributed by atoms with Crippen LogP contribution in [0.15, 0.2) is 12.1 Å². The Labute approximate surface area is 177 Å². The molecule has 0 spiro atoms. The molecule has 0 N–H and O–H groups in total. The Morgan fingerprint density at radius 1 is 1.13 bits per heavy atom. The first kappa shape index (κ1) is 23.1. The first-order valence-electron chi connectivity index (χ1n) is 11.4. The summed E-state index contributed by atoms with van der Waals surface area (Å²) in [5, 5.41) is 0. The lowest BCUT2D eigenvalue weighted by atomic mass is 9.80. The number of alkyl halides is 2. The van der Waals surface area contributed by atoms with Crippen LogP contribution in [0.25, 0.3) is 0 Å². The van der Waals surface area contributed by atoms with Gasteiger partial charge in [0, 0.05) is 0 Å². The second-order valence-electron chi connectivity index (χ2n) is 8.62. The second kappa shape index (κ2) is 10.7. The van der Waals surface area contributed by atoms with Gasteiger partial charge in [-0.05, 0) is 68.4 Å². The molecular formula is C24H33F3O3. The van der Waals surface area contributed by atoms with Gasteiger partial charge < -0.3 is 9.47 Å². The zero-order valence-electron chi connectivity index (χ0n) is 18.0. The van der Waals surface area contributed by atoms with E-state index < -0.39 is 17.8 Å². The van der Waals surface area contributed by atoms with E-state index >= 15 is 0 Å². The molecule has 0 bridgehead atoms. The maximum absolute atomic E-state index is 14.5. The molecule has 1 aliphatic carbocycles. The van der Waals surface area contributed by atoms with Crippen LogP contribution in [0.1, 0.15) is 94.2 Å². The average Bonchev–Trinajstić information content (AvgIpc) is 2.74. The first-order chi connectivity index (χ1) is 14.4. The Hall–Kier alpha value is -1.56. The second-order valence-corrected chi connectivity index (χ2v) is 8.62. The van der Waals surface area contributed by atoms with Crippen molar-refractivity contribution in [3.63, 3.8) is 0 Å². The maximum Gasteiger partial charge on any atom is 0.311 e. The molecule has 2 aliphatic rings. The first-order valence-corrected chi connectivity index (χ1v) is 11.4. The standard InChI is InChI=1S/C24H33F3O3/c1-3-5-18-10-8-17(14-29-18)24(28)30-19-11-6-16(7-12-19)20-13-9-15(4-2)22(25)21(20)23(26)27/h9,13,16-19,23H,3-8,10-12,14H2,1-2H3. The van der Waals surface area contributed by atoms with E-state index in [1.165, 1.54) is 0 Å². The van der Waals surface area contributed by atoms with E-state index in [-0.39, 0.29) is 30.0 Å². The van der Waals surface area contributed by atoms with Gasteiger partial charge in [-0.3, -0.25) is 4.79 Å². The quantitative estimate of drug-likeness (QED) is 0.468. The summed E-state index contributed by atoms with van der Waals surface area (Å²) in [4.78, 5) is 12.5. The number of esters is 1. The van der Waals surface area contributed by atoms with Crippen molar-refractivity contribution in [3.05, 3.63) is 34.6 Å². The summed E-state index contributed by atoms with van der Waals surface area (Å²) < 4.78 is 53.1. The summed E-state index contributed by atoms with van der Waals surface area (Å²) in [6.07, 6.45) is 3.83. The van der Waals surface area contributed by atoms with Crippen molar-refractivity contribution in [3.8, 4) is 0 Å². The van der Waals surface area contributed by atoms with Crippen molar-refractivity contribution in [1.29, 1.82) is 0 Å². The number of hydrogen-bond donors (Lipinski definition) is 0. The zero-order chi connectivity index (χ0) is 21.7. The van der Waals surface area contributed by atoms with Gasteiger partial charge in [-0.25, -0.2) is 13.2 Å². The molecule has 3 rings (SSSR count). The van der Waals surface area contributed by atoms with E-state index in [4.69, 9.17) is 9.47 Å². The topological polar surface area (TPSA) is 35.5 Å². The van der Waals surface area contributed by atoms with Crippen LogP contribution in [-0.2, 0) is 20.7 Å². The monoisotopic (exact) mass is 426 g/mol. The maximum atomic E-state index is 14.5. The largest absolute Gasteiger partial charge is 0.462 e. The summed E-state index contributed by atoms with van der Waals surface area (Å²) in [6.45, 7) is 4.30. The van der Waals surface area contributed by atoms with Crippen LogP contribution < -0.4 is 0 Å². The van der Waals surface area contributed by atoms with Gasteiger partial charge in [0.25, 0.3) is 6.43 Å². The molecule has 1 aliphatic heterocycles. The minimum atomic E-state index is -2.83. The predicted molar refractivity (Wildman–Crippen MR) is 109 cm³/mol. The number of halogens is 3. The number of benzene rings is 1. The van der Waals surface area contributed by atoms with E-state index in [0.29, 0.717) is 49.8 Å². The Bertz CT molecular complexity index is 706. The van der Waals surface area contributed by atoms with Gasteiger partial charge >= 0.3 is 5.97 Å². The van der Waals surface area contributed by atoms with E-state index in [1.54, 1.807) is 19.1 Å². The summed E-state index contributed by atoms with van der Waals surface area (Å²) in [5.41, 5.74) is 0.287. The number of carbonyl (C=O) groups is 1. The molecule has 1 aromatic rings. The Morgan fingerprint density at radius 3 is 2.43 bits per heavy atom. The van der Waals surface area contributed by atoms with Crippen molar-refractivity contribution in [2.75, 3.05) is 6.61 Å². The van der Waals surface area contributed by atoms with Crippen molar-refractivity contribution >= 4 is 5.97 Å². The van der Waals surface area contributed by atoms with Crippen molar-refractivity contribution in [2.24, 2.45) is 5.92 Å². The average molecular weight is 427 g/mol. The Kier molecular flexibility index (Phi) is 8.20. The third-order valence-corrected chi connectivity index (χ3v) is 6.60. The van der Waals surface area contributed by atoms with Gasteiger partial charge in [0.1, 0.15) is 11.9 Å². The molecule has 2 unspecified atom stereocenters. The Morgan fingerprint density at radius 2 is 1.87 bits per heavy atom. The van der Waals surface area contributed by atoms with Crippen molar-refractivity contribution < 1.29 is 27.4 Å². The summed E-state index contributed by atoms with van der Waals surface area (Å²) >= 11 is 0. The van der Waals surface area contributed by atoms with Crippen LogP contribution in [0.3, 0.4) is 0 Å². The molecule has 3 nitrogen and oxygen atoms in total. The fraction of sp³-hybridized carbons (Fsp3) is 0.708. The molecule has 1 saturated heterocycles. The lowest BCUT2D eigenvalue weighted by Gasteiger charge is -2.32. The lowest BCUT2D eigenvalue weighted by molar-refractivity contribution is -0.162. The number of carbonyl (C=O) groups excluding carboxylic acids is 1. The summed E-state index contributed by atoms with van der Waals surface area (Å²) in [7, 11) is 0. The van der Waals surface area contributed by atoms with Crippen LogP contribution >= 0.6 is 0 Å². The minimum absolute atomic E-state index is 0.128. The van der Waals surface area contributed by atoms with E-state index in [1.807, 2.05) is 0 Å². The molecule has 168 valence electrons. The molecule has 1 heterocycles. The third-order valence-electron chi connectivity index (χ3n) is 6.60. The van der Waals surface area contributed by atoms with Gasteiger partial charge in [0.05, 0.1) is 24.2 Å². The van der Waals surface area contributed by atoms with Crippen LogP contribution in [0.5, 0.6) is 0 Å². The zero-order valence-corrected chi connectivity index (χ0v) is 18.0. The Balaban J connectivity index is 1.54. The molecular weight excluding hydrogens is 393 g/mol. The van der Waals surface area contributed by atoms with E-state index in [0.717, 1.165) is 25.7 Å². The SMILES string of the molecule is CCCC1CCC(C(=O)OC2CCC(c3ccc(CC)c(F)c3C(F)F)CC2)CO1. The minimum Gasteiger partial charge on any atom is -0.462 e. The molecule has 1 aromatic carbocycles. The third kappa shape index (κ3) is 5.37. The summed E-state index contributed by atoms with van der Waals surface area (Å²) in [6, 6.07) is 3.28. The van der Waals surface area contributed by atoms with Crippen LogP contribution in [-0.4, -0.2) is 24.8 Å². The molecule has 1 saturated carbocycles. The van der Waals surface area contributed by atoms with Gasteiger partial charge in [-0.15, -0.1) is 0 Å². The van der Waals surface area contributed by atoms with Gasteiger partial charge in [0.15, 0.2) is 0 Å². The van der Waals surface area contributed by atoms with Crippen molar-refractivity contribution in [1.82, 2.24) is 0 Å². The number of hydrogen-bond acceptors (Lipinski definition) is 3.